The number of alkyl halides is 2. The fraction of sp³-hybridized carbons (Fsp3) is 0.900. The average Bonchev–Trinajstić information content (AvgIpc) is 2.92. The average molecular weight is 219 g/mol. The maximum absolute atomic E-state index is 12.7. The van der Waals surface area contributed by atoms with E-state index in [0.717, 1.165) is 12.8 Å². The topological polar surface area (TPSA) is 52.3 Å². The molecule has 86 valence electrons. The normalized spacial score (nSPS) is 29.1. The minimum absolute atomic E-state index is 0.110. The third-order valence-electron chi connectivity index (χ3n) is 3.80. The van der Waals surface area contributed by atoms with Gasteiger partial charge in [0.1, 0.15) is 6.04 Å². The molecule has 0 aromatic carbocycles. The number of carbonyl (C=O) groups excluding carboxylic acids is 1. The predicted molar refractivity (Wildman–Crippen MR) is 49.3 cm³/mol. The van der Waals surface area contributed by atoms with Crippen molar-refractivity contribution in [3.63, 3.8) is 0 Å². The lowest BCUT2D eigenvalue weighted by atomic mass is 9.68. The Hall–Kier alpha value is -0.710. The molecule has 2 fully saturated rings. The highest BCUT2D eigenvalue weighted by atomic mass is 19.3. The summed E-state index contributed by atoms with van der Waals surface area (Å²) in [5.74, 6) is -3.14. The molecule has 5 heteroatoms. The lowest BCUT2D eigenvalue weighted by molar-refractivity contribution is -0.155. The Morgan fingerprint density at radius 1 is 1.47 bits per heavy atom. The van der Waals surface area contributed by atoms with E-state index in [0.29, 0.717) is 0 Å². The van der Waals surface area contributed by atoms with Crippen molar-refractivity contribution in [2.45, 2.75) is 37.6 Å². The summed E-state index contributed by atoms with van der Waals surface area (Å²) in [7, 11) is 1.27. The molecule has 0 aromatic rings. The third kappa shape index (κ3) is 1.62. The Bertz CT molecular complexity index is 281. The third-order valence-corrected chi connectivity index (χ3v) is 3.80. The number of halogens is 2. The van der Waals surface area contributed by atoms with Gasteiger partial charge in [0.15, 0.2) is 0 Å². The van der Waals surface area contributed by atoms with Crippen molar-refractivity contribution < 1.29 is 18.3 Å². The summed E-state index contributed by atoms with van der Waals surface area (Å²) >= 11 is 0. The molecule has 0 heterocycles. The van der Waals surface area contributed by atoms with E-state index in [9.17, 15) is 13.6 Å². The molecule has 2 saturated carbocycles. The number of nitrogens with two attached hydrogens (primary N) is 1. The van der Waals surface area contributed by atoms with Crippen molar-refractivity contribution in [1.82, 2.24) is 0 Å². The molecule has 0 saturated heterocycles. The van der Waals surface area contributed by atoms with E-state index in [4.69, 9.17) is 5.73 Å². The van der Waals surface area contributed by atoms with Crippen LogP contribution in [0.2, 0.25) is 0 Å². The molecular weight excluding hydrogens is 204 g/mol. The van der Waals surface area contributed by atoms with Gasteiger partial charge < -0.3 is 10.5 Å². The molecule has 0 bridgehead atoms. The van der Waals surface area contributed by atoms with E-state index in [1.165, 1.54) is 7.11 Å². The number of carbonyl (C=O) groups is 1. The van der Waals surface area contributed by atoms with Gasteiger partial charge in [-0.2, -0.15) is 0 Å². The summed E-state index contributed by atoms with van der Waals surface area (Å²) in [5.41, 5.74) is 5.35. The van der Waals surface area contributed by atoms with Crippen LogP contribution < -0.4 is 5.73 Å². The molecule has 0 aliphatic heterocycles. The van der Waals surface area contributed by atoms with Crippen molar-refractivity contribution in [2.24, 2.45) is 17.1 Å². The maximum Gasteiger partial charge on any atom is 0.323 e. The van der Waals surface area contributed by atoms with Gasteiger partial charge in [-0.05, 0) is 24.2 Å². The fourth-order valence-corrected chi connectivity index (χ4v) is 2.55. The van der Waals surface area contributed by atoms with Gasteiger partial charge in [-0.25, -0.2) is 8.78 Å². The van der Waals surface area contributed by atoms with Gasteiger partial charge in [0, 0.05) is 12.8 Å². The van der Waals surface area contributed by atoms with Crippen LogP contribution in [-0.2, 0) is 9.53 Å². The molecular formula is C10H15F2NO2. The van der Waals surface area contributed by atoms with Gasteiger partial charge in [-0.3, -0.25) is 4.79 Å². The first-order chi connectivity index (χ1) is 6.91. The predicted octanol–water partition coefficient (Wildman–Crippen LogP) is 1.31. The van der Waals surface area contributed by atoms with E-state index < -0.39 is 23.3 Å². The summed E-state index contributed by atoms with van der Waals surface area (Å²) in [6.07, 6.45) is 1.28. The molecule has 2 N–H and O–H groups in total. The molecule has 0 amide bonds. The highest BCUT2D eigenvalue weighted by Gasteiger charge is 2.63. The van der Waals surface area contributed by atoms with Crippen LogP contribution in [0, 0.1) is 11.3 Å². The standard InChI is InChI=1S/C10H15F2NO2/c1-15-8(14)7(13)9(2-3-9)6-4-10(11,12)5-6/h6-7H,2-5,13H2,1H3. The smallest absolute Gasteiger partial charge is 0.323 e. The van der Waals surface area contributed by atoms with Crippen LogP contribution in [0.4, 0.5) is 8.78 Å². The Labute approximate surface area is 87.0 Å². The number of rotatable bonds is 3. The molecule has 1 atom stereocenters. The van der Waals surface area contributed by atoms with Crippen LogP contribution >= 0.6 is 0 Å². The van der Waals surface area contributed by atoms with E-state index in [-0.39, 0.29) is 18.8 Å². The Morgan fingerprint density at radius 3 is 2.33 bits per heavy atom. The highest BCUT2D eigenvalue weighted by Crippen LogP contribution is 2.63. The first-order valence-corrected chi connectivity index (χ1v) is 5.12. The molecule has 3 nitrogen and oxygen atoms in total. The second-order valence-corrected chi connectivity index (χ2v) is 4.70. The lowest BCUT2D eigenvalue weighted by Gasteiger charge is -2.42. The van der Waals surface area contributed by atoms with Gasteiger partial charge in [-0.15, -0.1) is 0 Å². The van der Waals surface area contributed by atoms with Crippen molar-refractivity contribution >= 4 is 5.97 Å². The number of ether oxygens (including phenoxy) is 1. The molecule has 0 radical (unpaired) electrons. The summed E-state index contributed by atoms with van der Waals surface area (Å²) < 4.78 is 30.0. The van der Waals surface area contributed by atoms with Crippen molar-refractivity contribution in [3.05, 3.63) is 0 Å². The number of esters is 1. The summed E-state index contributed by atoms with van der Waals surface area (Å²) in [4.78, 5) is 11.3. The first kappa shape index (κ1) is 10.8. The molecule has 2 aliphatic carbocycles. The van der Waals surface area contributed by atoms with Crippen molar-refractivity contribution in [2.75, 3.05) is 7.11 Å². The lowest BCUT2D eigenvalue weighted by Crippen LogP contribution is -2.50. The Kier molecular flexibility index (Phi) is 2.26. The van der Waals surface area contributed by atoms with Crippen molar-refractivity contribution in [3.8, 4) is 0 Å². The Morgan fingerprint density at radius 2 is 2.00 bits per heavy atom. The molecule has 2 rings (SSSR count). The van der Waals surface area contributed by atoms with Gasteiger partial charge in [0.2, 0.25) is 5.92 Å². The second-order valence-electron chi connectivity index (χ2n) is 4.70. The SMILES string of the molecule is COC(=O)C(N)C1(C2CC(F)(F)C2)CC1. The number of methoxy groups -OCH3 is 1. The first-order valence-electron chi connectivity index (χ1n) is 5.12. The molecule has 1 unspecified atom stereocenters. The minimum Gasteiger partial charge on any atom is -0.468 e. The zero-order valence-corrected chi connectivity index (χ0v) is 8.63. The molecule has 0 aromatic heterocycles. The quantitative estimate of drug-likeness (QED) is 0.728. The molecule has 2 aliphatic rings. The van der Waals surface area contributed by atoms with E-state index in [1.807, 2.05) is 0 Å². The maximum atomic E-state index is 12.7. The number of hydrogen-bond acceptors (Lipinski definition) is 3. The van der Waals surface area contributed by atoms with Gasteiger partial charge in [0.05, 0.1) is 7.11 Å². The van der Waals surface area contributed by atoms with Gasteiger partial charge in [-0.1, -0.05) is 0 Å². The minimum atomic E-state index is -2.55. The largest absolute Gasteiger partial charge is 0.468 e. The van der Waals surface area contributed by atoms with Crippen LogP contribution in [0.5, 0.6) is 0 Å². The van der Waals surface area contributed by atoms with E-state index >= 15 is 0 Å². The zero-order chi connectivity index (χ0) is 11.3. The monoisotopic (exact) mass is 219 g/mol. The fourth-order valence-electron chi connectivity index (χ4n) is 2.55. The van der Waals surface area contributed by atoms with Crippen LogP contribution in [0.15, 0.2) is 0 Å². The summed E-state index contributed by atoms with van der Waals surface area (Å²) in [6.45, 7) is 0. The Balaban J connectivity index is 2.00. The van der Waals surface area contributed by atoms with Crippen LogP contribution in [0.3, 0.4) is 0 Å². The number of hydrogen-bond donors (Lipinski definition) is 1. The van der Waals surface area contributed by atoms with Gasteiger partial charge >= 0.3 is 5.97 Å². The highest BCUT2D eigenvalue weighted by molar-refractivity contribution is 5.77. The zero-order valence-electron chi connectivity index (χ0n) is 8.63. The van der Waals surface area contributed by atoms with Crippen molar-refractivity contribution in [1.29, 1.82) is 0 Å². The van der Waals surface area contributed by atoms with Crippen LogP contribution in [0.25, 0.3) is 0 Å². The van der Waals surface area contributed by atoms with Gasteiger partial charge in [0.25, 0.3) is 0 Å². The molecule has 0 spiro atoms. The van der Waals surface area contributed by atoms with Crippen LogP contribution in [0.1, 0.15) is 25.7 Å². The summed E-state index contributed by atoms with van der Waals surface area (Å²) in [5, 5.41) is 0. The second kappa shape index (κ2) is 3.14. The van der Waals surface area contributed by atoms with E-state index in [1.54, 1.807) is 0 Å². The molecule has 15 heavy (non-hydrogen) atoms. The van der Waals surface area contributed by atoms with E-state index in [2.05, 4.69) is 4.74 Å². The van der Waals surface area contributed by atoms with Crippen LogP contribution in [-0.4, -0.2) is 25.0 Å². The summed E-state index contributed by atoms with van der Waals surface area (Å²) in [6, 6.07) is -0.733.